The Kier molecular flexibility index (Phi) is 7.16. The monoisotopic (exact) mass is 275 g/mol. The van der Waals surface area contributed by atoms with Gasteiger partial charge in [0.15, 0.2) is 0 Å². The van der Waals surface area contributed by atoms with Gasteiger partial charge in [0.05, 0.1) is 13.2 Å². The number of nitrogens with zero attached hydrogens (tertiary/aromatic N) is 2. The Hall–Kier alpha value is -1.38. The lowest BCUT2D eigenvalue weighted by Crippen LogP contribution is -2.47. The number of hydrogen-bond acceptors (Lipinski definition) is 7. The molecule has 0 spiro atoms. The van der Waals surface area contributed by atoms with E-state index in [9.17, 15) is 9.59 Å². The van der Waals surface area contributed by atoms with Crippen LogP contribution in [0.15, 0.2) is 0 Å². The van der Waals surface area contributed by atoms with Gasteiger partial charge in [0.25, 0.3) is 0 Å². The second-order valence-electron chi connectivity index (χ2n) is 4.06. The number of primary amides is 1. The first-order chi connectivity index (χ1) is 9.11. The van der Waals surface area contributed by atoms with E-state index in [0.717, 1.165) is 19.6 Å². The summed E-state index contributed by atoms with van der Waals surface area (Å²) in [4.78, 5) is 28.7. The highest BCUT2D eigenvalue weighted by Gasteiger charge is 2.20. The predicted octanol–water partition coefficient (Wildman–Crippen LogP) is -0.806. The fraction of sp³-hybridized carbons (Fsp3) is 0.818. The maximum atomic E-state index is 11.1. The number of carbonyl (C=O) groups excluding carboxylic acids is 2. The van der Waals surface area contributed by atoms with Crippen LogP contribution in [0.2, 0.25) is 0 Å². The van der Waals surface area contributed by atoms with Gasteiger partial charge >= 0.3 is 6.16 Å². The van der Waals surface area contributed by atoms with Gasteiger partial charge in [-0.05, 0) is 6.92 Å². The zero-order chi connectivity index (χ0) is 14.1. The van der Waals surface area contributed by atoms with Crippen molar-refractivity contribution in [2.75, 3.05) is 52.5 Å². The molecule has 0 saturated carbocycles. The minimum absolute atomic E-state index is 0.0497. The molecule has 0 aromatic rings. The molecule has 0 atom stereocenters. The SMILES string of the molecule is CCOC(=O)ON1CCN(CCOCC(N)=O)CC1. The molecule has 0 radical (unpaired) electrons. The summed E-state index contributed by atoms with van der Waals surface area (Å²) in [7, 11) is 0. The molecule has 110 valence electrons. The maximum Gasteiger partial charge on any atom is 0.527 e. The highest BCUT2D eigenvalue weighted by Crippen LogP contribution is 2.03. The van der Waals surface area contributed by atoms with E-state index in [1.165, 1.54) is 0 Å². The van der Waals surface area contributed by atoms with Crippen LogP contribution in [0, 0.1) is 0 Å². The van der Waals surface area contributed by atoms with Crippen molar-refractivity contribution in [3.05, 3.63) is 0 Å². The summed E-state index contributed by atoms with van der Waals surface area (Å²) in [6.07, 6.45) is -0.666. The van der Waals surface area contributed by atoms with Crippen LogP contribution in [-0.2, 0) is 19.1 Å². The smallest absolute Gasteiger partial charge is 0.433 e. The molecule has 1 saturated heterocycles. The molecule has 8 heteroatoms. The van der Waals surface area contributed by atoms with Crippen LogP contribution in [0.1, 0.15) is 6.92 Å². The van der Waals surface area contributed by atoms with Gasteiger partial charge in [-0.2, -0.15) is 0 Å². The first-order valence-corrected chi connectivity index (χ1v) is 6.30. The van der Waals surface area contributed by atoms with E-state index < -0.39 is 12.1 Å². The molecule has 1 rings (SSSR count). The lowest BCUT2D eigenvalue weighted by Gasteiger charge is -2.32. The van der Waals surface area contributed by atoms with Crippen LogP contribution >= 0.6 is 0 Å². The number of amides is 1. The van der Waals surface area contributed by atoms with Crippen LogP contribution in [0.3, 0.4) is 0 Å². The summed E-state index contributed by atoms with van der Waals surface area (Å²) in [6, 6.07) is 0. The second kappa shape index (κ2) is 8.68. The van der Waals surface area contributed by atoms with Gasteiger partial charge in [0.2, 0.25) is 5.91 Å². The fourth-order valence-electron chi connectivity index (χ4n) is 1.66. The Morgan fingerprint density at radius 3 is 2.47 bits per heavy atom. The molecule has 8 nitrogen and oxygen atoms in total. The van der Waals surface area contributed by atoms with Gasteiger partial charge in [0.1, 0.15) is 6.61 Å². The zero-order valence-electron chi connectivity index (χ0n) is 11.2. The number of hydrogen-bond donors (Lipinski definition) is 1. The molecule has 1 aliphatic heterocycles. The number of hydroxylamine groups is 2. The highest BCUT2D eigenvalue weighted by molar-refractivity contribution is 5.74. The van der Waals surface area contributed by atoms with Gasteiger partial charge in [-0.25, -0.2) is 4.79 Å². The number of rotatable bonds is 7. The molecular formula is C11H21N3O5. The normalized spacial score (nSPS) is 17.1. The van der Waals surface area contributed by atoms with Gasteiger partial charge in [0, 0.05) is 32.7 Å². The minimum Gasteiger partial charge on any atom is -0.433 e. The van der Waals surface area contributed by atoms with Crippen molar-refractivity contribution in [3.63, 3.8) is 0 Å². The second-order valence-corrected chi connectivity index (χ2v) is 4.06. The molecule has 0 unspecified atom stereocenters. The predicted molar refractivity (Wildman–Crippen MR) is 66.1 cm³/mol. The molecule has 1 fully saturated rings. The topological polar surface area (TPSA) is 94.3 Å². The van der Waals surface area contributed by atoms with Gasteiger partial charge < -0.3 is 20.0 Å². The van der Waals surface area contributed by atoms with Crippen molar-refractivity contribution >= 4 is 12.1 Å². The van der Waals surface area contributed by atoms with Crippen LogP contribution in [0.25, 0.3) is 0 Å². The van der Waals surface area contributed by atoms with Crippen LogP contribution < -0.4 is 5.73 Å². The summed E-state index contributed by atoms with van der Waals surface area (Å²) in [5.41, 5.74) is 4.96. The summed E-state index contributed by atoms with van der Waals surface area (Å²) in [5, 5.41) is 1.58. The van der Waals surface area contributed by atoms with E-state index >= 15 is 0 Å². The average Bonchev–Trinajstić information content (AvgIpc) is 2.36. The van der Waals surface area contributed by atoms with E-state index in [4.69, 9.17) is 20.0 Å². The van der Waals surface area contributed by atoms with E-state index in [-0.39, 0.29) is 6.61 Å². The number of ether oxygens (including phenoxy) is 2. The largest absolute Gasteiger partial charge is 0.527 e. The van der Waals surface area contributed by atoms with E-state index in [2.05, 4.69) is 4.90 Å². The first kappa shape index (κ1) is 15.7. The fourth-order valence-corrected chi connectivity index (χ4v) is 1.66. The Labute approximate surface area is 112 Å². The van der Waals surface area contributed by atoms with E-state index in [1.54, 1.807) is 12.0 Å². The third kappa shape index (κ3) is 6.94. The molecule has 0 aromatic heterocycles. The van der Waals surface area contributed by atoms with E-state index in [1.807, 2.05) is 0 Å². The van der Waals surface area contributed by atoms with Gasteiger partial charge in [-0.3, -0.25) is 9.69 Å². The van der Waals surface area contributed by atoms with Crippen LogP contribution in [-0.4, -0.2) is 74.6 Å². The van der Waals surface area contributed by atoms with Crippen molar-refractivity contribution in [2.24, 2.45) is 5.73 Å². The molecule has 2 N–H and O–H groups in total. The van der Waals surface area contributed by atoms with Crippen LogP contribution in [0.4, 0.5) is 4.79 Å². The van der Waals surface area contributed by atoms with Gasteiger partial charge in [-0.15, -0.1) is 5.06 Å². The third-order valence-electron chi connectivity index (χ3n) is 2.59. The molecule has 1 amide bonds. The standard InChI is InChI=1S/C11H21N3O5/c1-2-18-11(16)19-14-5-3-13(4-6-14)7-8-17-9-10(12)15/h2-9H2,1H3,(H2,12,15). The Morgan fingerprint density at radius 2 is 1.89 bits per heavy atom. The molecule has 1 aliphatic rings. The maximum absolute atomic E-state index is 11.1. The minimum atomic E-state index is -0.666. The lowest BCUT2D eigenvalue weighted by atomic mass is 10.3. The number of piperazine rings is 1. The first-order valence-electron chi connectivity index (χ1n) is 6.30. The molecule has 19 heavy (non-hydrogen) atoms. The van der Waals surface area contributed by atoms with E-state index in [0.29, 0.717) is 26.3 Å². The van der Waals surface area contributed by atoms with Crippen molar-refractivity contribution in [3.8, 4) is 0 Å². The van der Waals surface area contributed by atoms with Crippen molar-refractivity contribution in [2.45, 2.75) is 6.92 Å². The van der Waals surface area contributed by atoms with Crippen molar-refractivity contribution in [1.82, 2.24) is 9.96 Å². The average molecular weight is 275 g/mol. The lowest BCUT2D eigenvalue weighted by molar-refractivity contribution is -0.146. The molecule has 0 bridgehead atoms. The number of nitrogens with two attached hydrogens (primary N) is 1. The molecule has 0 aliphatic carbocycles. The Bertz CT molecular complexity index is 292. The van der Waals surface area contributed by atoms with Gasteiger partial charge in [-0.1, -0.05) is 0 Å². The van der Waals surface area contributed by atoms with Crippen molar-refractivity contribution in [1.29, 1.82) is 0 Å². The quantitative estimate of drug-likeness (QED) is 0.480. The summed E-state index contributed by atoms with van der Waals surface area (Å²) < 4.78 is 9.78. The summed E-state index contributed by atoms with van der Waals surface area (Å²) in [5.74, 6) is -0.465. The zero-order valence-corrected chi connectivity index (χ0v) is 11.2. The third-order valence-corrected chi connectivity index (χ3v) is 2.59. The number of carbonyl (C=O) groups is 2. The summed E-state index contributed by atoms with van der Waals surface area (Å²) in [6.45, 7) is 5.93. The summed E-state index contributed by atoms with van der Waals surface area (Å²) >= 11 is 0. The molecular weight excluding hydrogens is 254 g/mol. The molecule has 0 aromatic carbocycles. The Balaban J connectivity index is 2.08. The molecule has 1 heterocycles. The highest BCUT2D eigenvalue weighted by atomic mass is 16.8. The van der Waals surface area contributed by atoms with Crippen molar-refractivity contribution < 1.29 is 23.9 Å². The Morgan fingerprint density at radius 1 is 1.21 bits per heavy atom. The van der Waals surface area contributed by atoms with Crippen LogP contribution in [0.5, 0.6) is 0 Å².